The summed E-state index contributed by atoms with van der Waals surface area (Å²) < 4.78 is 5.50. The first-order valence-corrected chi connectivity index (χ1v) is 6.52. The highest BCUT2D eigenvalue weighted by Gasteiger charge is 2.07. The van der Waals surface area contributed by atoms with Crippen LogP contribution in [0.2, 0.25) is 0 Å². The van der Waals surface area contributed by atoms with Crippen LogP contribution in [0.3, 0.4) is 0 Å². The van der Waals surface area contributed by atoms with Gasteiger partial charge >= 0.3 is 5.97 Å². The third-order valence-electron chi connectivity index (χ3n) is 3.25. The Bertz CT molecular complexity index is 547. The van der Waals surface area contributed by atoms with E-state index >= 15 is 0 Å². The van der Waals surface area contributed by atoms with Gasteiger partial charge in [-0.05, 0) is 38.1 Å². The molecule has 0 aliphatic rings. The van der Waals surface area contributed by atoms with E-state index in [1.807, 2.05) is 31.5 Å². The van der Waals surface area contributed by atoms with Gasteiger partial charge in [0.1, 0.15) is 5.58 Å². The predicted octanol–water partition coefficient (Wildman–Crippen LogP) is 2.77. The van der Waals surface area contributed by atoms with Gasteiger partial charge in [0.2, 0.25) is 0 Å². The van der Waals surface area contributed by atoms with E-state index in [4.69, 9.17) is 9.52 Å². The summed E-state index contributed by atoms with van der Waals surface area (Å²) in [6.07, 6.45) is 3.66. The molecule has 1 aromatic heterocycles. The monoisotopic (exact) mass is 261 g/mol. The quantitative estimate of drug-likeness (QED) is 0.832. The molecule has 0 aliphatic heterocycles. The van der Waals surface area contributed by atoms with Crippen LogP contribution >= 0.6 is 0 Å². The van der Waals surface area contributed by atoms with Crippen LogP contribution in [0.5, 0.6) is 0 Å². The molecule has 1 heterocycles. The Morgan fingerprint density at radius 2 is 2.11 bits per heavy atom. The van der Waals surface area contributed by atoms with Gasteiger partial charge in [-0.3, -0.25) is 4.79 Å². The molecule has 4 nitrogen and oxygen atoms in total. The Hall–Kier alpha value is -1.81. The fourth-order valence-electron chi connectivity index (χ4n) is 2.15. The van der Waals surface area contributed by atoms with E-state index in [2.05, 4.69) is 11.0 Å². The van der Waals surface area contributed by atoms with Crippen LogP contribution in [0.25, 0.3) is 11.0 Å². The van der Waals surface area contributed by atoms with Gasteiger partial charge in [-0.1, -0.05) is 18.2 Å². The van der Waals surface area contributed by atoms with Gasteiger partial charge in [-0.15, -0.1) is 0 Å². The lowest BCUT2D eigenvalue weighted by atomic mass is 10.1. The fraction of sp³-hybridized carbons (Fsp3) is 0.400. The van der Waals surface area contributed by atoms with Gasteiger partial charge in [-0.2, -0.15) is 0 Å². The van der Waals surface area contributed by atoms with Gasteiger partial charge in [0.15, 0.2) is 0 Å². The van der Waals surface area contributed by atoms with Crippen molar-refractivity contribution >= 4 is 16.9 Å². The van der Waals surface area contributed by atoms with Crippen molar-refractivity contribution in [2.75, 3.05) is 20.1 Å². The molecule has 0 unspecified atom stereocenters. The molecule has 1 N–H and O–H groups in total. The zero-order chi connectivity index (χ0) is 13.7. The van der Waals surface area contributed by atoms with Crippen LogP contribution in [0.1, 0.15) is 18.4 Å². The maximum Gasteiger partial charge on any atom is 0.303 e. The molecule has 102 valence electrons. The standard InChI is InChI=1S/C15H19NO3/c1-16(9-4-7-15(17)18)10-8-12-11-19-14-6-3-2-5-13(12)14/h2-3,5-6,11H,4,7-10H2,1H3,(H,17,18). The molecular weight excluding hydrogens is 242 g/mol. The first-order valence-electron chi connectivity index (χ1n) is 6.52. The summed E-state index contributed by atoms with van der Waals surface area (Å²) in [5, 5.41) is 9.76. The number of para-hydroxylation sites is 1. The first kappa shape index (κ1) is 13.6. The summed E-state index contributed by atoms with van der Waals surface area (Å²) in [5.41, 5.74) is 2.13. The van der Waals surface area contributed by atoms with Gasteiger partial charge < -0.3 is 14.4 Å². The molecule has 0 saturated carbocycles. The van der Waals surface area contributed by atoms with Gasteiger partial charge in [0, 0.05) is 18.4 Å². The van der Waals surface area contributed by atoms with E-state index in [0.29, 0.717) is 6.42 Å². The van der Waals surface area contributed by atoms with E-state index in [-0.39, 0.29) is 6.42 Å². The number of carboxylic acids is 1. The number of aliphatic carboxylic acids is 1. The molecule has 0 bridgehead atoms. The highest BCUT2D eigenvalue weighted by molar-refractivity contribution is 5.80. The Labute approximate surface area is 112 Å². The van der Waals surface area contributed by atoms with Gasteiger partial charge in [0.05, 0.1) is 6.26 Å². The minimum atomic E-state index is -0.728. The number of benzene rings is 1. The second-order valence-corrected chi connectivity index (χ2v) is 4.81. The topological polar surface area (TPSA) is 53.7 Å². The summed E-state index contributed by atoms with van der Waals surface area (Å²) in [4.78, 5) is 12.6. The fourth-order valence-corrected chi connectivity index (χ4v) is 2.15. The molecule has 0 atom stereocenters. The Kier molecular flexibility index (Phi) is 4.58. The molecule has 19 heavy (non-hydrogen) atoms. The van der Waals surface area contributed by atoms with Crippen molar-refractivity contribution in [3.05, 3.63) is 36.1 Å². The lowest BCUT2D eigenvalue weighted by Gasteiger charge is -2.15. The molecular formula is C15H19NO3. The molecule has 2 rings (SSSR count). The highest BCUT2D eigenvalue weighted by Crippen LogP contribution is 2.21. The predicted molar refractivity (Wildman–Crippen MR) is 74.3 cm³/mol. The summed E-state index contributed by atoms with van der Waals surface area (Å²) in [7, 11) is 2.02. The maximum absolute atomic E-state index is 10.4. The van der Waals surface area contributed by atoms with Crippen molar-refractivity contribution < 1.29 is 14.3 Å². The second-order valence-electron chi connectivity index (χ2n) is 4.81. The zero-order valence-corrected chi connectivity index (χ0v) is 11.1. The number of fused-ring (bicyclic) bond motifs is 1. The van der Waals surface area contributed by atoms with Crippen LogP contribution in [-0.2, 0) is 11.2 Å². The van der Waals surface area contributed by atoms with E-state index in [0.717, 1.165) is 25.1 Å². The SMILES string of the molecule is CN(CCCC(=O)O)CCc1coc2ccccc12. The lowest BCUT2D eigenvalue weighted by Crippen LogP contribution is -2.22. The van der Waals surface area contributed by atoms with Crippen molar-refractivity contribution in [1.29, 1.82) is 0 Å². The largest absolute Gasteiger partial charge is 0.481 e. The van der Waals surface area contributed by atoms with Crippen LogP contribution < -0.4 is 0 Å². The third-order valence-corrected chi connectivity index (χ3v) is 3.25. The highest BCUT2D eigenvalue weighted by atomic mass is 16.4. The minimum absolute atomic E-state index is 0.235. The number of hydrogen-bond acceptors (Lipinski definition) is 3. The molecule has 0 saturated heterocycles. The average molecular weight is 261 g/mol. The van der Waals surface area contributed by atoms with Gasteiger partial charge in [0.25, 0.3) is 0 Å². The maximum atomic E-state index is 10.4. The summed E-state index contributed by atoms with van der Waals surface area (Å²) in [6.45, 7) is 1.71. The molecule has 0 fully saturated rings. The Balaban J connectivity index is 1.83. The van der Waals surface area contributed by atoms with Crippen LogP contribution in [-0.4, -0.2) is 36.1 Å². The van der Waals surface area contributed by atoms with Crippen molar-refractivity contribution in [3.8, 4) is 0 Å². The molecule has 0 amide bonds. The number of nitrogens with zero attached hydrogens (tertiary/aromatic N) is 1. The van der Waals surface area contributed by atoms with E-state index < -0.39 is 5.97 Å². The number of rotatable bonds is 7. The van der Waals surface area contributed by atoms with Crippen LogP contribution in [0, 0.1) is 0 Å². The molecule has 0 radical (unpaired) electrons. The first-order chi connectivity index (χ1) is 9.16. The summed E-state index contributed by atoms with van der Waals surface area (Å²) in [5.74, 6) is -0.728. The van der Waals surface area contributed by atoms with E-state index in [1.54, 1.807) is 0 Å². The number of carbonyl (C=O) groups is 1. The van der Waals surface area contributed by atoms with E-state index in [1.165, 1.54) is 10.9 Å². The Morgan fingerprint density at radius 1 is 1.32 bits per heavy atom. The molecule has 0 spiro atoms. The van der Waals surface area contributed by atoms with Gasteiger partial charge in [-0.25, -0.2) is 0 Å². The van der Waals surface area contributed by atoms with Crippen molar-refractivity contribution in [2.24, 2.45) is 0 Å². The Morgan fingerprint density at radius 3 is 2.89 bits per heavy atom. The third kappa shape index (κ3) is 3.83. The van der Waals surface area contributed by atoms with Crippen molar-refractivity contribution in [2.45, 2.75) is 19.3 Å². The second kappa shape index (κ2) is 6.38. The summed E-state index contributed by atoms with van der Waals surface area (Å²) in [6, 6.07) is 8.01. The number of likely N-dealkylation sites (N-methyl/N-ethyl adjacent to an activating group) is 1. The zero-order valence-electron chi connectivity index (χ0n) is 11.1. The van der Waals surface area contributed by atoms with Crippen molar-refractivity contribution in [1.82, 2.24) is 4.90 Å². The number of hydrogen-bond donors (Lipinski definition) is 1. The number of carboxylic acid groups (broad SMARTS) is 1. The molecule has 0 aliphatic carbocycles. The normalized spacial score (nSPS) is 11.3. The van der Waals surface area contributed by atoms with E-state index in [9.17, 15) is 4.79 Å². The average Bonchev–Trinajstić information content (AvgIpc) is 2.79. The lowest BCUT2D eigenvalue weighted by molar-refractivity contribution is -0.137. The minimum Gasteiger partial charge on any atom is -0.481 e. The van der Waals surface area contributed by atoms with Crippen LogP contribution in [0.15, 0.2) is 34.9 Å². The molecule has 2 aromatic rings. The summed E-state index contributed by atoms with van der Waals surface area (Å²) >= 11 is 0. The van der Waals surface area contributed by atoms with Crippen molar-refractivity contribution in [3.63, 3.8) is 0 Å². The smallest absolute Gasteiger partial charge is 0.303 e. The molecule has 4 heteroatoms. The molecule has 1 aromatic carbocycles. The number of furan rings is 1. The van der Waals surface area contributed by atoms with Crippen LogP contribution in [0.4, 0.5) is 0 Å².